The van der Waals surface area contributed by atoms with Crippen molar-refractivity contribution in [2.75, 3.05) is 26.0 Å². The Bertz CT molecular complexity index is 707. The summed E-state index contributed by atoms with van der Waals surface area (Å²) in [5.41, 5.74) is 1.73. The number of aryl methyl sites for hydroxylation is 1. The lowest BCUT2D eigenvalue weighted by atomic mass is 10.2. The van der Waals surface area contributed by atoms with Crippen LogP contribution in [-0.2, 0) is 23.5 Å². The molecule has 6 nitrogen and oxygen atoms in total. The SMILES string of the molecule is CN(C)S(=O)(=O)c1ccccc1NCCc1cnn(C)c1. The predicted octanol–water partition coefficient (Wildman–Crippen LogP) is 1.32. The molecule has 1 heterocycles. The minimum atomic E-state index is -3.44. The first kappa shape index (κ1) is 15.5. The molecule has 0 unspecified atom stereocenters. The van der Waals surface area contributed by atoms with E-state index in [-0.39, 0.29) is 0 Å². The van der Waals surface area contributed by atoms with Gasteiger partial charge in [0.2, 0.25) is 10.0 Å². The second-order valence-electron chi connectivity index (χ2n) is 4.98. The van der Waals surface area contributed by atoms with Crippen LogP contribution in [0.4, 0.5) is 5.69 Å². The van der Waals surface area contributed by atoms with Crippen LogP contribution in [0.5, 0.6) is 0 Å². The molecular formula is C14H20N4O2S. The highest BCUT2D eigenvalue weighted by molar-refractivity contribution is 7.89. The van der Waals surface area contributed by atoms with Crippen LogP contribution >= 0.6 is 0 Å². The van der Waals surface area contributed by atoms with Crippen LogP contribution in [0, 0.1) is 0 Å². The fourth-order valence-electron chi connectivity index (χ4n) is 1.98. The van der Waals surface area contributed by atoms with Gasteiger partial charge in [0, 0.05) is 33.9 Å². The average molecular weight is 308 g/mol. The van der Waals surface area contributed by atoms with E-state index in [9.17, 15) is 8.42 Å². The molecule has 0 aliphatic heterocycles. The summed E-state index contributed by atoms with van der Waals surface area (Å²) >= 11 is 0. The number of para-hydroxylation sites is 1. The van der Waals surface area contributed by atoms with E-state index in [0.29, 0.717) is 17.1 Å². The van der Waals surface area contributed by atoms with Crippen LogP contribution in [0.25, 0.3) is 0 Å². The van der Waals surface area contributed by atoms with Crippen LogP contribution in [0.1, 0.15) is 5.56 Å². The third-order valence-corrected chi connectivity index (χ3v) is 5.01. The third-order valence-electron chi connectivity index (χ3n) is 3.13. The molecule has 1 aromatic heterocycles. The number of anilines is 1. The first-order valence-electron chi connectivity index (χ1n) is 6.64. The standard InChI is InChI=1S/C14H20N4O2S/c1-17(2)21(19,20)14-7-5-4-6-13(14)15-9-8-12-10-16-18(3)11-12/h4-7,10-11,15H,8-9H2,1-3H3. The average Bonchev–Trinajstić information content (AvgIpc) is 2.85. The summed E-state index contributed by atoms with van der Waals surface area (Å²) in [5.74, 6) is 0. The molecule has 0 fully saturated rings. The number of benzene rings is 1. The zero-order valence-electron chi connectivity index (χ0n) is 12.4. The number of nitrogens with one attached hydrogen (secondary N) is 1. The summed E-state index contributed by atoms with van der Waals surface area (Å²) in [5, 5.41) is 7.30. The van der Waals surface area contributed by atoms with Gasteiger partial charge in [0.15, 0.2) is 0 Å². The van der Waals surface area contributed by atoms with E-state index in [4.69, 9.17) is 0 Å². The molecule has 1 N–H and O–H groups in total. The number of aromatic nitrogens is 2. The summed E-state index contributed by atoms with van der Waals surface area (Å²) in [6.07, 6.45) is 4.54. The van der Waals surface area contributed by atoms with Crippen molar-refractivity contribution >= 4 is 15.7 Å². The van der Waals surface area contributed by atoms with Gasteiger partial charge in [0.05, 0.1) is 11.9 Å². The van der Waals surface area contributed by atoms with Crippen molar-refractivity contribution in [1.29, 1.82) is 0 Å². The largest absolute Gasteiger partial charge is 0.384 e. The highest BCUT2D eigenvalue weighted by Gasteiger charge is 2.20. The highest BCUT2D eigenvalue weighted by Crippen LogP contribution is 2.22. The summed E-state index contributed by atoms with van der Waals surface area (Å²) in [4.78, 5) is 0.293. The van der Waals surface area contributed by atoms with Gasteiger partial charge in [0.1, 0.15) is 4.90 Å². The Kier molecular flexibility index (Phi) is 4.64. The lowest BCUT2D eigenvalue weighted by Crippen LogP contribution is -2.23. The van der Waals surface area contributed by atoms with Crippen LogP contribution < -0.4 is 5.32 Å². The first-order chi connectivity index (χ1) is 9.91. The zero-order valence-corrected chi connectivity index (χ0v) is 13.3. The number of nitrogens with zero attached hydrogens (tertiary/aromatic N) is 3. The number of hydrogen-bond acceptors (Lipinski definition) is 4. The van der Waals surface area contributed by atoms with Crippen LogP contribution in [-0.4, -0.2) is 43.1 Å². The molecule has 0 spiro atoms. The highest BCUT2D eigenvalue weighted by atomic mass is 32.2. The number of hydrogen-bond donors (Lipinski definition) is 1. The smallest absolute Gasteiger partial charge is 0.244 e. The Hall–Kier alpha value is -1.86. The van der Waals surface area contributed by atoms with Crippen LogP contribution in [0.15, 0.2) is 41.6 Å². The van der Waals surface area contributed by atoms with Crippen molar-refractivity contribution in [3.8, 4) is 0 Å². The Labute approximate surface area is 125 Å². The molecule has 7 heteroatoms. The van der Waals surface area contributed by atoms with Gasteiger partial charge < -0.3 is 5.32 Å². The summed E-state index contributed by atoms with van der Waals surface area (Å²) < 4.78 is 27.5. The summed E-state index contributed by atoms with van der Waals surface area (Å²) in [6.45, 7) is 0.644. The van der Waals surface area contributed by atoms with Crippen molar-refractivity contribution < 1.29 is 8.42 Å². The van der Waals surface area contributed by atoms with Crippen LogP contribution in [0.3, 0.4) is 0 Å². The van der Waals surface area contributed by atoms with Gasteiger partial charge in [-0.2, -0.15) is 5.10 Å². The molecule has 0 amide bonds. The number of sulfonamides is 1. The molecule has 2 aromatic rings. The first-order valence-corrected chi connectivity index (χ1v) is 8.08. The van der Waals surface area contributed by atoms with Gasteiger partial charge in [-0.1, -0.05) is 12.1 Å². The number of rotatable bonds is 6. The fraction of sp³-hybridized carbons (Fsp3) is 0.357. The molecule has 0 bridgehead atoms. The van der Waals surface area contributed by atoms with Gasteiger partial charge in [-0.05, 0) is 24.1 Å². The zero-order chi connectivity index (χ0) is 15.5. The topological polar surface area (TPSA) is 67.2 Å². The Morgan fingerprint density at radius 2 is 2.00 bits per heavy atom. The van der Waals surface area contributed by atoms with Crippen molar-refractivity contribution in [2.45, 2.75) is 11.3 Å². The molecule has 1 aromatic carbocycles. The van der Waals surface area contributed by atoms with Crippen molar-refractivity contribution in [1.82, 2.24) is 14.1 Å². The van der Waals surface area contributed by atoms with E-state index in [1.807, 2.05) is 25.5 Å². The Balaban J connectivity index is 2.10. The van der Waals surface area contributed by atoms with E-state index in [1.165, 1.54) is 18.4 Å². The second kappa shape index (κ2) is 6.28. The lowest BCUT2D eigenvalue weighted by molar-refractivity contribution is 0.521. The molecule has 0 aliphatic carbocycles. The van der Waals surface area contributed by atoms with E-state index in [0.717, 1.165) is 12.0 Å². The van der Waals surface area contributed by atoms with E-state index < -0.39 is 10.0 Å². The molecule has 21 heavy (non-hydrogen) atoms. The quantitative estimate of drug-likeness (QED) is 0.874. The monoisotopic (exact) mass is 308 g/mol. The van der Waals surface area contributed by atoms with Crippen LogP contribution in [0.2, 0.25) is 0 Å². The Morgan fingerprint density at radius 3 is 2.62 bits per heavy atom. The molecule has 0 aliphatic rings. The fourth-order valence-corrected chi connectivity index (χ4v) is 3.04. The van der Waals surface area contributed by atoms with Gasteiger partial charge in [-0.3, -0.25) is 4.68 Å². The van der Waals surface area contributed by atoms with E-state index in [1.54, 1.807) is 22.9 Å². The lowest BCUT2D eigenvalue weighted by Gasteiger charge is -2.16. The van der Waals surface area contributed by atoms with Gasteiger partial charge in [-0.25, -0.2) is 12.7 Å². The molecule has 2 rings (SSSR count). The predicted molar refractivity (Wildman–Crippen MR) is 82.7 cm³/mol. The third kappa shape index (κ3) is 3.62. The minimum absolute atomic E-state index is 0.293. The van der Waals surface area contributed by atoms with Gasteiger partial charge >= 0.3 is 0 Å². The maximum Gasteiger partial charge on any atom is 0.244 e. The minimum Gasteiger partial charge on any atom is -0.384 e. The van der Waals surface area contributed by atoms with Gasteiger partial charge in [0.25, 0.3) is 0 Å². The molecular weight excluding hydrogens is 288 g/mol. The maximum atomic E-state index is 12.3. The van der Waals surface area contributed by atoms with Gasteiger partial charge in [-0.15, -0.1) is 0 Å². The van der Waals surface area contributed by atoms with Crippen molar-refractivity contribution in [2.24, 2.45) is 7.05 Å². The van der Waals surface area contributed by atoms with Crippen molar-refractivity contribution in [3.05, 3.63) is 42.2 Å². The summed E-state index contributed by atoms with van der Waals surface area (Å²) in [7, 11) is 1.49. The molecule has 0 atom stereocenters. The Morgan fingerprint density at radius 1 is 1.29 bits per heavy atom. The molecule has 0 saturated heterocycles. The second-order valence-corrected chi connectivity index (χ2v) is 7.10. The summed E-state index contributed by atoms with van der Waals surface area (Å²) in [6, 6.07) is 6.94. The maximum absolute atomic E-state index is 12.3. The molecule has 0 radical (unpaired) electrons. The molecule has 0 saturated carbocycles. The molecule has 114 valence electrons. The normalized spacial score (nSPS) is 11.8. The van der Waals surface area contributed by atoms with E-state index >= 15 is 0 Å². The van der Waals surface area contributed by atoms with Crippen molar-refractivity contribution in [3.63, 3.8) is 0 Å². The van der Waals surface area contributed by atoms with E-state index in [2.05, 4.69) is 10.4 Å².